The van der Waals surface area contributed by atoms with Crippen LogP contribution in [0.4, 0.5) is 0 Å². The highest BCUT2D eigenvalue weighted by molar-refractivity contribution is 5.85. The number of aromatic nitrogens is 1. The second-order valence-corrected chi connectivity index (χ2v) is 7.99. The van der Waals surface area contributed by atoms with Gasteiger partial charge in [0.15, 0.2) is 0 Å². The lowest BCUT2D eigenvalue weighted by atomic mass is 9.78. The number of nitrogens with two attached hydrogens (primary N) is 1. The highest BCUT2D eigenvalue weighted by Crippen LogP contribution is 2.40. The fourth-order valence-corrected chi connectivity index (χ4v) is 4.36. The first-order chi connectivity index (χ1) is 13.3. The maximum Gasteiger partial charge on any atom is 0.251 e. The van der Waals surface area contributed by atoms with E-state index in [1.54, 1.807) is 20.4 Å². The van der Waals surface area contributed by atoms with Gasteiger partial charge >= 0.3 is 0 Å². The molecular weight excluding hydrogens is 433 g/mol. The molecule has 3 rings (SSSR count). The molecule has 0 spiro atoms. The van der Waals surface area contributed by atoms with E-state index < -0.39 is 12.6 Å². The highest BCUT2D eigenvalue weighted by Gasteiger charge is 2.42. The number of fused-ring (bicyclic) bond motifs is 4. The largest absolute Gasteiger partial charge is 0.394 e. The van der Waals surface area contributed by atoms with Crippen molar-refractivity contribution in [3.63, 3.8) is 0 Å². The van der Waals surface area contributed by atoms with Crippen LogP contribution in [0.2, 0.25) is 0 Å². The zero-order valence-electron chi connectivity index (χ0n) is 17.2. The van der Waals surface area contributed by atoms with Gasteiger partial charge in [0.2, 0.25) is 11.8 Å². The number of pyridine rings is 1. The summed E-state index contributed by atoms with van der Waals surface area (Å²) in [4.78, 5) is 40.7. The van der Waals surface area contributed by atoms with E-state index in [0.717, 1.165) is 12.1 Å². The van der Waals surface area contributed by atoms with Gasteiger partial charge < -0.3 is 30.5 Å². The van der Waals surface area contributed by atoms with Crippen molar-refractivity contribution < 1.29 is 14.7 Å². The monoisotopic (exact) mass is 463 g/mol. The second-order valence-electron chi connectivity index (χ2n) is 7.99. The number of piperidine rings is 1. The predicted octanol–water partition coefficient (Wildman–Crippen LogP) is -0.824. The first-order valence-electron chi connectivity index (χ1n) is 9.60. The Kier molecular flexibility index (Phi) is 9.77. The summed E-state index contributed by atoms with van der Waals surface area (Å²) in [6.07, 6.45) is 0.843. The maximum absolute atomic E-state index is 12.6. The minimum atomic E-state index is -0.935. The van der Waals surface area contributed by atoms with Crippen LogP contribution in [-0.4, -0.2) is 84.2 Å². The Hall–Kier alpha value is -1.65. The standard InChI is InChI=1S/C19H29N5O4.2ClH/c1-22(2)10-17(26)21-7-16-13-6-12(15-4-3-5-18(27)24(15)16)8-23(9-13)19(28)14(20)11-25;;/h3-5,12-14,16,25H,6-11,20H2,1-2H3,(H,21,26);2*1H/t12-,13+,14+,16+;;/m1../s1. The third kappa shape index (κ3) is 5.53. The maximum atomic E-state index is 12.6. The Morgan fingerprint density at radius 2 is 2.00 bits per heavy atom. The fraction of sp³-hybridized carbons (Fsp3) is 0.632. The van der Waals surface area contributed by atoms with E-state index in [1.807, 2.05) is 20.2 Å². The van der Waals surface area contributed by atoms with Crippen LogP contribution in [0, 0.1) is 5.92 Å². The normalized spacial score (nSPS) is 23.0. The Bertz CT molecular complexity index is 803. The SMILES string of the molecule is CN(C)CC(=O)NC[C@H]1[C@H]2C[C@H](CN(C(=O)[C@@H](N)CO)C2)c2cccc(=O)n21.Cl.Cl. The van der Waals surface area contributed by atoms with E-state index >= 15 is 0 Å². The third-order valence-electron chi connectivity index (χ3n) is 5.59. The topological polar surface area (TPSA) is 121 Å². The van der Waals surface area contributed by atoms with E-state index in [1.165, 1.54) is 6.07 Å². The highest BCUT2D eigenvalue weighted by atomic mass is 35.5. The van der Waals surface area contributed by atoms with Gasteiger partial charge in [0.1, 0.15) is 6.04 Å². The second kappa shape index (κ2) is 11.1. The Morgan fingerprint density at radius 3 is 2.63 bits per heavy atom. The molecule has 0 unspecified atom stereocenters. The van der Waals surface area contributed by atoms with Crippen molar-refractivity contribution in [1.82, 2.24) is 19.7 Å². The summed E-state index contributed by atoms with van der Waals surface area (Å²) in [5.41, 5.74) is 6.53. The number of amides is 2. The van der Waals surface area contributed by atoms with Crippen LogP contribution >= 0.6 is 24.8 Å². The van der Waals surface area contributed by atoms with Gasteiger partial charge in [0, 0.05) is 37.3 Å². The van der Waals surface area contributed by atoms with E-state index in [2.05, 4.69) is 5.32 Å². The average Bonchev–Trinajstić information content (AvgIpc) is 2.66. The first-order valence-corrected chi connectivity index (χ1v) is 9.60. The van der Waals surface area contributed by atoms with E-state index in [4.69, 9.17) is 5.73 Å². The zero-order chi connectivity index (χ0) is 20.4. The molecule has 0 saturated carbocycles. The fourth-order valence-electron chi connectivity index (χ4n) is 4.36. The zero-order valence-corrected chi connectivity index (χ0v) is 18.8. The number of aliphatic hydroxyl groups excluding tert-OH is 1. The summed E-state index contributed by atoms with van der Waals surface area (Å²) < 4.78 is 1.78. The molecule has 11 heteroatoms. The number of likely N-dealkylation sites (tertiary alicyclic amines) is 1. The van der Waals surface area contributed by atoms with Crippen LogP contribution in [-0.2, 0) is 9.59 Å². The molecule has 4 atom stereocenters. The number of aliphatic hydroxyl groups is 1. The predicted molar refractivity (Wildman–Crippen MR) is 118 cm³/mol. The molecule has 3 heterocycles. The molecule has 2 aliphatic heterocycles. The number of nitrogens with one attached hydrogen (secondary N) is 1. The van der Waals surface area contributed by atoms with E-state index in [-0.39, 0.29) is 66.6 Å². The van der Waals surface area contributed by atoms with Crippen molar-refractivity contribution in [2.75, 3.05) is 46.9 Å². The molecule has 2 aliphatic rings. The molecule has 170 valence electrons. The van der Waals surface area contributed by atoms with Crippen LogP contribution in [0.5, 0.6) is 0 Å². The van der Waals surface area contributed by atoms with Crippen LogP contribution in [0.3, 0.4) is 0 Å². The van der Waals surface area contributed by atoms with Crippen molar-refractivity contribution >= 4 is 36.6 Å². The number of nitrogens with zero attached hydrogens (tertiary/aromatic N) is 3. The Balaban J connectivity index is 0.00000225. The molecule has 4 N–H and O–H groups in total. The minimum absolute atomic E-state index is 0. The third-order valence-corrected chi connectivity index (χ3v) is 5.59. The van der Waals surface area contributed by atoms with Gasteiger partial charge in [-0.2, -0.15) is 0 Å². The summed E-state index contributed by atoms with van der Waals surface area (Å²) in [5.74, 6) is -0.319. The van der Waals surface area contributed by atoms with Gasteiger partial charge in [-0.05, 0) is 32.5 Å². The molecular formula is C19H31Cl2N5O4. The van der Waals surface area contributed by atoms with Crippen molar-refractivity contribution in [1.29, 1.82) is 0 Å². The van der Waals surface area contributed by atoms with Crippen molar-refractivity contribution in [2.24, 2.45) is 11.7 Å². The van der Waals surface area contributed by atoms with Gasteiger partial charge in [0.05, 0.1) is 19.2 Å². The van der Waals surface area contributed by atoms with E-state index in [9.17, 15) is 19.5 Å². The smallest absolute Gasteiger partial charge is 0.251 e. The van der Waals surface area contributed by atoms with Crippen molar-refractivity contribution in [3.05, 3.63) is 34.2 Å². The summed E-state index contributed by atoms with van der Waals surface area (Å²) in [7, 11) is 3.64. The number of rotatable bonds is 6. The molecule has 30 heavy (non-hydrogen) atoms. The minimum Gasteiger partial charge on any atom is -0.394 e. The first kappa shape index (κ1) is 26.4. The number of likely N-dealkylation sites (N-methyl/N-ethyl adjacent to an activating group) is 1. The van der Waals surface area contributed by atoms with Gasteiger partial charge in [-0.15, -0.1) is 24.8 Å². The lowest BCUT2D eigenvalue weighted by Gasteiger charge is -2.47. The van der Waals surface area contributed by atoms with Gasteiger partial charge in [-0.25, -0.2) is 0 Å². The number of carbonyl (C=O) groups is 2. The van der Waals surface area contributed by atoms with Gasteiger partial charge in [-0.3, -0.25) is 14.4 Å². The number of carbonyl (C=O) groups excluding carboxylic acids is 2. The van der Waals surface area contributed by atoms with Crippen LogP contribution in [0.15, 0.2) is 23.0 Å². The number of hydrogen-bond donors (Lipinski definition) is 3. The molecule has 1 aromatic rings. The molecule has 1 aromatic heterocycles. The van der Waals surface area contributed by atoms with Crippen LogP contribution < -0.4 is 16.6 Å². The summed E-state index contributed by atoms with van der Waals surface area (Å²) in [5, 5.41) is 12.2. The average molecular weight is 464 g/mol. The van der Waals surface area contributed by atoms with Crippen molar-refractivity contribution in [2.45, 2.75) is 24.4 Å². The van der Waals surface area contributed by atoms with Crippen LogP contribution in [0.1, 0.15) is 24.1 Å². The molecule has 0 aromatic carbocycles. The molecule has 1 fully saturated rings. The molecule has 0 aliphatic carbocycles. The lowest BCUT2D eigenvalue weighted by molar-refractivity contribution is -0.136. The summed E-state index contributed by atoms with van der Waals surface area (Å²) in [6, 6.07) is 4.01. The Morgan fingerprint density at radius 1 is 1.30 bits per heavy atom. The number of halogens is 2. The molecule has 2 bridgehead atoms. The quantitative estimate of drug-likeness (QED) is 0.506. The van der Waals surface area contributed by atoms with Gasteiger partial charge in [0.25, 0.3) is 5.56 Å². The molecule has 2 amide bonds. The van der Waals surface area contributed by atoms with Gasteiger partial charge in [-0.1, -0.05) is 6.07 Å². The number of hydrogen-bond acceptors (Lipinski definition) is 6. The van der Waals surface area contributed by atoms with Crippen LogP contribution in [0.25, 0.3) is 0 Å². The summed E-state index contributed by atoms with van der Waals surface area (Å²) >= 11 is 0. The van der Waals surface area contributed by atoms with Crippen molar-refractivity contribution in [3.8, 4) is 0 Å². The lowest BCUT2D eigenvalue weighted by Crippen LogP contribution is -2.56. The van der Waals surface area contributed by atoms with E-state index in [0.29, 0.717) is 19.6 Å². The molecule has 9 nitrogen and oxygen atoms in total. The molecule has 1 saturated heterocycles. The summed E-state index contributed by atoms with van der Waals surface area (Å²) in [6.45, 7) is 1.14. The Labute approximate surface area is 188 Å². The molecule has 0 radical (unpaired) electrons.